The summed E-state index contributed by atoms with van der Waals surface area (Å²) in [4.78, 5) is 0. The minimum absolute atomic E-state index is 0.777. The molecule has 1 aromatic carbocycles. The van der Waals surface area contributed by atoms with E-state index in [2.05, 4.69) is 0 Å². The summed E-state index contributed by atoms with van der Waals surface area (Å²) in [5.41, 5.74) is 0. The van der Waals surface area contributed by atoms with Crippen molar-refractivity contribution in [1.29, 1.82) is 0 Å². The number of hydrogen-bond donors (Lipinski definition) is 0. The molecule has 0 spiro atoms. The molecule has 0 saturated heterocycles. The summed E-state index contributed by atoms with van der Waals surface area (Å²) in [5, 5.41) is 0. The minimum Gasteiger partial charge on any atom is -0.486 e. The van der Waals surface area contributed by atoms with Gasteiger partial charge in [0, 0.05) is 8.03 Å². The first-order chi connectivity index (χ1) is 4.79. The number of hydrogen-bond acceptors (Lipinski definition) is 1. The summed E-state index contributed by atoms with van der Waals surface area (Å²) in [7, 11) is 4.69. The minimum atomic E-state index is -0.777. The third-order valence-electron chi connectivity index (χ3n) is 0.993. The van der Waals surface area contributed by atoms with Gasteiger partial charge in [-0.3, -0.25) is 0 Å². The first-order valence-corrected chi connectivity index (χ1v) is 4.78. The Labute approximate surface area is 63.6 Å². The predicted molar refractivity (Wildman–Crippen MR) is 45.7 cm³/mol. The van der Waals surface area contributed by atoms with Crippen molar-refractivity contribution in [3.63, 3.8) is 0 Å². The maximum absolute atomic E-state index is 5.47. The highest BCUT2D eigenvalue weighted by molar-refractivity contribution is 7.77. The molecule has 0 amide bonds. The highest BCUT2D eigenvalue weighted by Crippen LogP contribution is 2.27. The monoisotopic (exact) mass is 150 g/mol. The van der Waals surface area contributed by atoms with Crippen LogP contribution >= 0.6 is 8.03 Å². The second kappa shape index (κ2) is 3.63. The average Bonchev–Trinajstić information content (AvgIpc) is 1.88. The van der Waals surface area contributed by atoms with Gasteiger partial charge in [0.05, 0.1) is 0 Å². The fourth-order valence-corrected chi connectivity index (χ4v) is 1.10. The van der Waals surface area contributed by atoms with Gasteiger partial charge >= 0.3 is 0 Å². The highest BCUT2D eigenvalue weighted by atomic mass is 31.1. The van der Waals surface area contributed by atoms with E-state index in [0.717, 1.165) is 5.75 Å². The second-order valence-corrected chi connectivity index (χ2v) is 3.23. The Morgan fingerprint density at radius 1 is 1.30 bits per heavy atom. The molecule has 0 aliphatic carbocycles. The third kappa shape index (κ3) is 2.41. The number of para-hydroxylation sites is 1. The summed E-state index contributed by atoms with van der Waals surface area (Å²) >= 11 is 0. The predicted octanol–water partition coefficient (Wildman–Crippen LogP) is 2.18. The quantitative estimate of drug-likeness (QED) is 0.463. The van der Waals surface area contributed by atoms with E-state index in [1.54, 1.807) is 0 Å². The molecule has 1 nitrogen and oxygen atoms in total. The lowest BCUT2D eigenvalue weighted by Gasteiger charge is -2.08. The van der Waals surface area contributed by atoms with Crippen LogP contribution in [0.3, 0.4) is 0 Å². The van der Waals surface area contributed by atoms with Crippen molar-refractivity contribution in [3.8, 4) is 5.75 Å². The van der Waals surface area contributed by atoms with E-state index in [-0.39, 0.29) is 0 Å². The summed E-state index contributed by atoms with van der Waals surface area (Å²) in [5.74, 6) is 0.846. The molecule has 0 fully saturated rings. The van der Waals surface area contributed by atoms with Crippen molar-refractivity contribution < 1.29 is 4.52 Å². The van der Waals surface area contributed by atoms with Gasteiger partial charge in [-0.25, -0.2) is 0 Å². The fraction of sp³-hybridized carbons (Fsp3) is 0.143. The second-order valence-electron chi connectivity index (χ2n) is 1.95. The molecule has 0 bridgehead atoms. The zero-order chi connectivity index (χ0) is 7.40. The lowest BCUT2D eigenvalue weighted by atomic mass is 10.3. The van der Waals surface area contributed by atoms with Crippen molar-refractivity contribution in [2.75, 3.05) is 6.66 Å². The van der Waals surface area contributed by atoms with E-state index in [1.165, 1.54) is 0 Å². The van der Waals surface area contributed by atoms with Crippen molar-refractivity contribution in [3.05, 3.63) is 30.3 Å². The molecule has 0 saturated carbocycles. The van der Waals surface area contributed by atoms with Crippen LogP contribution in [0.1, 0.15) is 0 Å². The number of benzene rings is 1. The van der Waals surface area contributed by atoms with Crippen LogP contribution in [0.15, 0.2) is 30.3 Å². The molecular formula is C7H8BOP. The molecule has 0 aromatic heterocycles. The van der Waals surface area contributed by atoms with Crippen LogP contribution in [0.25, 0.3) is 0 Å². The molecule has 0 N–H and O–H groups in total. The van der Waals surface area contributed by atoms with Crippen molar-refractivity contribution in [2.45, 2.75) is 0 Å². The first kappa shape index (κ1) is 7.62. The maximum atomic E-state index is 5.47. The lowest BCUT2D eigenvalue weighted by molar-refractivity contribution is 0.631. The fourth-order valence-electron chi connectivity index (χ4n) is 0.648. The lowest BCUT2D eigenvalue weighted by Crippen LogP contribution is -1.82. The zero-order valence-corrected chi connectivity index (χ0v) is 6.71. The molecule has 1 aromatic rings. The average molecular weight is 150 g/mol. The molecular weight excluding hydrogens is 142 g/mol. The summed E-state index contributed by atoms with van der Waals surface area (Å²) in [6, 6.07) is 9.58. The van der Waals surface area contributed by atoms with Gasteiger partial charge in [-0.2, -0.15) is 0 Å². The molecule has 1 rings (SSSR count). The first-order valence-electron chi connectivity index (χ1n) is 3.00. The van der Waals surface area contributed by atoms with Crippen molar-refractivity contribution in [1.82, 2.24) is 0 Å². The van der Waals surface area contributed by atoms with Crippen LogP contribution < -0.4 is 4.52 Å². The molecule has 2 radical (unpaired) electrons. The van der Waals surface area contributed by atoms with Gasteiger partial charge in [0.25, 0.3) is 0 Å². The van der Waals surface area contributed by atoms with Gasteiger partial charge in [0.15, 0.2) is 7.57 Å². The van der Waals surface area contributed by atoms with E-state index in [0.29, 0.717) is 0 Å². The molecule has 1 unspecified atom stereocenters. The molecule has 10 heavy (non-hydrogen) atoms. The van der Waals surface area contributed by atoms with Gasteiger partial charge in [-0.05, 0) is 18.8 Å². The van der Waals surface area contributed by atoms with Crippen LogP contribution in [0.5, 0.6) is 5.75 Å². The van der Waals surface area contributed by atoms with E-state index in [9.17, 15) is 0 Å². The van der Waals surface area contributed by atoms with Crippen molar-refractivity contribution in [2.24, 2.45) is 0 Å². The van der Waals surface area contributed by atoms with E-state index >= 15 is 0 Å². The Bertz CT molecular complexity index is 188. The SMILES string of the molecule is [B]P(C)Oc1ccccc1. The number of rotatable bonds is 2. The van der Waals surface area contributed by atoms with E-state index < -0.39 is 8.03 Å². The molecule has 0 heterocycles. The smallest absolute Gasteiger partial charge is 0.166 e. The Kier molecular flexibility index (Phi) is 2.76. The molecule has 50 valence electrons. The molecule has 0 aliphatic rings. The molecule has 3 heteroatoms. The van der Waals surface area contributed by atoms with Crippen LogP contribution in [-0.2, 0) is 0 Å². The van der Waals surface area contributed by atoms with Crippen LogP contribution in [-0.4, -0.2) is 14.2 Å². The highest BCUT2D eigenvalue weighted by Gasteiger charge is 1.92. The Morgan fingerprint density at radius 2 is 1.90 bits per heavy atom. The maximum Gasteiger partial charge on any atom is 0.166 e. The molecule has 1 atom stereocenters. The van der Waals surface area contributed by atoms with Gasteiger partial charge in [0.1, 0.15) is 5.75 Å². The Balaban J connectivity index is 2.59. The normalized spacial score (nSPS) is 12.5. The van der Waals surface area contributed by atoms with Crippen LogP contribution in [0.4, 0.5) is 0 Å². The largest absolute Gasteiger partial charge is 0.486 e. The van der Waals surface area contributed by atoms with Gasteiger partial charge < -0.3 is 4.52 Å². The van der Waals surface area contributed by atoms with Crippen molar-refractivity contribution >= 4 is 15.6 Å². The van der Waals surface area contributed by atoms with Gasteiger partial charge in [-0.1, -0.05) is 18.2 Å². The standard InChI is InChI=1S/C7H8BOP/c1-10(8)9-7-5-3-2-4-6-7/h2-6H,1H3. The van der Waals surface area contributed by atoms with Gasteiger partial charge in [-0.15, -0.1) is 0 Å². The van der Waals surface area contributed by atoms with Gasteiger partial charge in [0.2, 0.25) is 0 Å². The van der Waals surface area contributed by atoms with E-state index in [1.807, 2.05) is 37.0 Å². The van der Waals surface area contributed by atoms with E-state index in [4.69, 9.17) is 12.1 Å². The Morgan fingerprint density at radius 3 is 2.40 bits per heavy atom. The van der Waals surface area contributed by atoms with Crippen LogP contribution in [0.2, 0.25) is 0 Å². The summed E-state index contributed by atoms with van der Waals surface area (Å²) < 4.78 is 5.26. The summed E-state index contributed by atoms with van der Waals surface area (Å²) in [6.07, 6.45) is 0. The third-order valence-corrected chi connectivity index (χ3v) is 1.49. The zero-order valence-electron chi connectivity index (χ0n) is 5.82. The topological polar surface area (TPSA) is 9.23 Å². The summed E-state index contributed by atoms with van der Waals surface area (Å²) in [6.45, 7) is 1.86. The van der Waals surface area contributed by atoms with Crippen LogP contribution in [0, 0.1) is 0 Å². The molecule has 0 aliphatic heterocycles. The Hall–Kier alpha value is -0.485.